The van der Waals surface area contributed by atoms with E-state index in [-0.39, 0.29) is 12.0 Å². The number of aryl methyl sites for hydroxylation is 3. The summed E-state index contributed by atoms with van der Waals surface area (Å²) >= 11 is 1.42. The molecule has 0 aromatic carbocycles. The molecule has 1 saturated heterocycles. The van der Waals surface area contributed by atoms with Gasteiger partial charge in [0.25, 0.3) is 5.91 Å². The number of carbonyl (C=O) groups excluding carboxylic acids is 1. The molecule has 4 rings (SSSR count). The lowest BCUT2D eigenvalue weighted by molar-refractivity contribution is -0.0257. The minimum absolute atomic E-state index is 0.164. The number of nitrogens with one attached hydrogen (secondary N) is 1. The van der Waals surface area contributed by atoms with E-state index in [1.807, 2.05) is 26.0 Å². The fourth-order valence-corrected chi connectivity index (χ4v) is 3.71. The maximum atomic E-state index is 13.0. The highest BCUT2D eigenvalue weighted by molar-refractivity contribution is 7.13. The van der Waals surface area contributed by atoms with E-state index >= 15 is 0 Å². The third-order valence-corrected chi connectivity index (χ3v) is 5.21. The summed E-state index contributed by atoms with van der Waals surface area (Å²) in [6.07, 6.45) is 0.328. The normalized spacial score (nSPS) is 16.8. The third-order valence-electron chi connectivity index (χ3n) is 4.61. The highest BCUT2D eigenvalue weighted by Crippen LogP contribution is 2.27. The topological polar surface area (TPSA) is 106 Å². The molecule has 9 nitrogen and oxygen atoms in total. The Bertz CT molecular complexity index is 1000. The van der Waals surface area contributed by atoms with E-state index in [0.717, 1.165) is 17.1 Å². The molecule has 0 aliphatic carbocycles. The zero-order chi connectivity index (χ0) is 20.4. The number of oxazole rings is 1. The Morgan fingerprint density at radius 1 is 1.34 bits per heavy atom. The number of anilines is 2. The van der Waals surface area contributed by atoms with Gasteiger partial charge in [-0.1, -0.05) is 18.3 Å². The monoisotopic (exact) mass is 414 g/mol. The Balaban J connectivity index is 1.52. The molecule has 3 aromatic heterocycles. The average molecular weight is 414 g/mol. The number of amides is 1. The minimum atomic E-state index is -0.323. The molecule has 0 unspecified atom stereocenters. The Hall–Kier alpha value is -2.85. The average Bonchev–Trinajstić information content (AvgIpc) is 3.36. The van der Waals surface area contributed by atoms with Crippen LogP contribution >= 0.6 is 11.3 Å². The molecule has 10 heteroatoms. The van der Waals surface area contributed by atoms with Crippen molar-refractivity contribution in [1.29, 1.82) is 0 Å². The van der Waals surface area contributed by atoms with Gasteiger partial charge in [-0.2, -0.15) is 0 Å². The van der Waals surface area contributed by atoms with Gasteiger partial charge in [-0.05, 0) is 26.0 Å². The van der Waals surface area contributed by atoms with E-state index in [1.54, 1.807) is 17.3 Å². The van der Waals surface area contributed by atoms with Gasteiger partial charge in [0.2, 0.25) is 10.9 Å². The molecule has 1 N–H and O–H groups in total. The van der Waals surface area contributed by atoms with Gasteiger partial charge < -0.3 is 19.4 Å². The summed E-state index contributed by atoms with van der Waals surface area (Å²) < 4.78 is 11.6. The first kappa shape index (κ1) is 19.5. The molecule has 29 heavy (non-hydrogen) atoms. The smallest absolute Gasteiger partial charge is 0.291 e. The molecular weight excluding hydrogens is 392 g/mol. The van der Waals surface area contributed by atoms with Crippen LogP contribution in [0.2, 0.25) is 0 Å². The van der Waals surface area contributed by atoms with Crippen LogP contribution < -0.4 is 5.32 Å². The molecule has 1 atom stereocenters. The molecule has 0 radical (unpaired) electrons. The number of ether oxygens (including phenoxy) is 1. The van der Waals surface area contributed by atoms with Crippen molar-refractivity contribution in [3.63, 3.8) is 0 Å². The van der Waals surface area contributed by atoms with Gasteiger partial charge in [-0.15, -0.1) is 10.2 Å². The molecule has 0 spiro atoms. The van der Waals surface area contributed by atoms with Gasteiger partial charge in [0.1, 0.15) is 11.6 Å². The highest BCUT2D eigenvalue weighted by Gasteiger charge is 2.30. The second-order valence-electron chi connectivity index (χ2n) is 6.78. The number of hydrogen-bond donors (Lipinski definition) is 1. The predicted molar refractivity (Wildman–Crippen MR) is 107 cm³/mol. The van der Waals surface area contributed by atoms with Crippen LogP contribution in [0.25, 0.3) is 0 Å². The van der Waals surface area contributed by atoms with E-state index < -0.39 is 0 Å². The van der Waals surface area contributed by atoms with Crippen LogP contribution in [-0.2, 0) is 11.2 Å². The van der Waals surface area contributed by atoms with Crippen LogP contribution in [0.5, 0.6) is 0 Å². The van der Waals surface area contributed by atoms with Crippen molar-refractivity contribution in [2.24, 2.45) is 0 Å². The third kappa shape index (κ3) is 4.28. The number of rotatable bonds is 5. The zero-order valence-corrected chi connectivity index (χ0v) is 17.3. The van der Waals surface area contributed by atoms with Gasteiger partial charge in [0.15, 0.2) is 5.89 Å². The van der Waals surface area contributed by atoms with E-state index in [9.17, 15) is 4.79 Å². The fraction of sp³-hybridized carbons (Fsp3) is 0.421. The van der Waals surface area contributed by atoms with Crippen LogP contribution in [0.4, 0.5) is 10.8 Å². The number of nitrogens with zero attached hydrogens (tertiary/aromatic N) is 5. The Kier molecular flexibility index (Phi) is 5.54. The molecule has 1 aliphatic heterocycles. The van der Waals surface area contributed by atoms with E-state index in [1.165, 1.54) is 11.3 Å². The van der Waals surface area contributed by atoms with Crippen molar-refractivity contribution >= 4 is 28.1 Å². The Morgan fingerprint density at radius 2 is 2.21 bits per heavy atom. The summed E-state index contributed by atoms with van der Waals surface area (Å²) in [6.45, 7) is 6.99. The second-order valence-corrected chi connectivity index (χ2v) is 7.61. The molecular formula is C19H22N6O3S. The summed E-state index contributed by atoms with van der Waals surface area (Å²) in [6, 6.07) is 3.85. The zero-order valence-electron chi connectivity index (χ0n) is 16.5. The molecule has 4 heterocycles. The van der Waals surface area contributed by atoms with Crippen molar-refractivity contribution in [3.8, 4) is 0 Å². The van der Waals surface area contributed by atoms with Gasteiger partial charge in [0, 0.05) is 24.3 Å². The first-order valence-electron chi connectivity index (χ1n) is 9.42. The minimum Gasteiger partial charge on any atom is -0.435 e. The molecule has 0 saturated carbocycles. The number of carbonyl (C=O) groups is 1. The summed E-state index contributed by atoms with van der Waals surface area (Å²) in [7, 11) is 0. The quantitative estimate of drug-likeness (QED) is 0.679. The maximum Gasteiger partial charge on any atom is 0.291 e. The van der Waals surface area contributed by atoms with Crippen LogP contribution in [0, 0.1) is 13.8 Å². The van der Waals surface area contributed by atoms with Crippen LogP contribution in [0.15, 0.2) is 22.1 Å². The van der Waals surface area contributed by atoms with Gasteiger partial charge in [-0.25, -0.2) is 4.98 Å². The molecule has 1 amide bonds. The Labute approximate surface area is 172 Å². The fourth-order valence-electron chi connectivity index (χ4n) is 3.24. The first-order chi connectivity index (χ1) is 14.0. The van der Waals surface area contributed by atoms with Crippen LogP contribution in [0.1, 0.15) is 46.6 Å². The van der Waals surface area contributed by atoms with E-state index in [0.29, 0.717) is 48.6 Å². The second kappa shape index (κ2) is 8.26. The van der Waals surface area contributed by atoms with Crippen LogP contribution in [0.3, 0.4) is 0 Å². The number of pyridine rings is 1. The molecule has 0 bridgehead atoms. The SMILES string of the molecule is CCc1nc(C)c(C(=O)N2CCO[C@@H](c3cc(Nc4nncs4)cc(C)n3)C2)o1. The predicted octanol–water partition coefficient (Wildman–Crippen LogP) is 3.06. The summed E-state index contributed by atoms with van der Waals surface area (Å²) in [5.41, 5.74) is 4.75. The number of morpholine rings is 1. The van der Waals surface area contributed by atoms with Crippen molar-refractivity contribution in [3.05, 3.63) is 46.4 Å². The van der Waals surface area contributed by atoms with E-state index in [4.69, 9.17) is 9.15 Å². The molecule has 1 aliphatic rings. The number of aromatic nitrogens is 4. The van der Waals surface area contributed by atoms with Crippen molar-refractivity contribution < 1.29 is 13.9 Å². The number of hydrogen-bond acceptors (Lipinski definition) is 9. The van der Waals surface area contributed by atoms with Crippen molar-refractivity contribution in [1.82, 2.24) is 25.1 Å². The lowest BCUT2D eigenvalue weighted by atomic mass is 10.1. The largest absolute Gasteiger partial charge is 0.435 e. The van der Waals surface area contributed by atoms with Crippen molar-refractivity contribution in [2.45, 2.75) is 33.3 Å². The van der Waals surface area contributed by atoms with Crippen LogP contribution in [-0.4, -0.2) is 50.7 Å². The molecule has 152 valence electrons. The Morgan fingerprint density at radius 3 is 2.93 bits per heavy atom. The maximum absolute atomic E-state index is 13.0. The lowest BCUT2D eigenvalue weighted by Gasteiger charge is -2.32. The van der Waals surface area contributed by atoms with Crippen molar-refractivity contribution in [2.75, 3.05) is 25.0 Å². The van der Waals surface area contributed by atoms with E-state index in [2.05, 4.69) is 25.5 Å². The summed E-state index contributed by atoms with van der Waals surface area (Å²) in [5.74, 6) is 0.713. The van der Waals surface area contributed by atoms with Gasteiger partial charge >= 0.3 is 0 Å². The highest BCUT2D eigenvalue weighted by atomic mass is 32.1. The summed E-state index contributed by atoms with van der Waals surface area (Å²) in [5, 5.41) is 11.8. The van der Waals surface area contributed by atoms with Gasteiger partial charge in [-0.3, -0.25) is 9.78 Å². The standard InChI is InChI=1S/C19H22N6O3S/c1-4-16-22-12(3)17(28-16)18(26)25-5-6-27-15(9-25)14-8-13(7-11(2)21-14)23-19-24-20-10-29-19/h7-8,10,15H,4-6,9H2,1-3H3,(H,21,23,24)/t15-/m1/s1. The molecule has 1 fully saturated rings. The lowest BCUT2D eigenvalue weighted by Crippen LogP contribution is -2.42. The first-order valence-corrected chi connectivity index (χ1v) is 10.3. The molecule has 3 aromatic rings. The summed E-state index contributed by atoms with van der Waals surface area (Å²) in [4.78, 5) is 23.6. The van der Waals surface area contributed by atoms with Gasteiger partial charge in [0.05, 0.1) is 24.5 Å².